The maximum atomic E-state index is 12.4. The Morgan fingerprint density at radius 2 is 2.20 bits per heavy atom. The number of amides is 1. The summed E-state index contributed by atoms with van der Waals surface area (Å²) >= 11 is 0. The molecular weight excluding hydrogens is 250 g/mol. The zero-order valence-electron chi connectivity index (χ0n) is 11.3. The fourth-order valence-electron chi connectivity index (χ4n) is 2.61. The van der Waals surface area contributed by atoms with E-state index in [-0.39, 0.29) is 5.91 Å². The molecule has 1 heterocycles. The summed E-state index contributed by atoms with van der Waals surface area (Å²) in [5, 5.41) is 9.81. The molecule has 1 N–H and O–H groups in total. The molecule has 0 radical (unpaired) electrons. The van der Waals surface area contributed by atoms with Crippen molar-refractivity contribution in [1.82, 2.24) is 9.88 Å². The van der Waals surface area contributed by atoms with Crippen molar-refractivity contribution in [2.45, 2.75) is 31.7 Å². The van der Waals surface area contributed by atoms with Gasteiger partial charge in [-0.15, -0.1) is 0 Å². The number of nitrogens with zero attached hydrogens (tertiary/aromatic N) is 2. The van der Waals surface area contributed by atoms with Crippen LogP contribution in [0.15, 0.2) is 30.5 Å². The Kier molecular flexibility index (Phi) is 3.42. The first-order valence-corrected chi connectivity index (χ1v) is 7.01. The van der Waals surface area contributed by atoms with Crippen molar-refractivity contribution < 1.29 is 4.79 Å². The van der Waals surface area contributed by atoms with Crippen molar-refractivity contribution in [2.24, 2.45) is 0 Å². The molecule has 3 rings (SSSR count). The fraction of sp³-hybridized carbons (Fsp3) is 0.375. The molecule has 1 aromatic heterocycles. The van der Waals surface area contributed by atoms with E-state index in [0.29, 0.717) is 25.4 Å². The average Bonchev–Trinajstić information content (AvgIpc) is 3.22. The molecule has 1 fully saturated rings. The van der Waals surface area contributed by atoms with Crippen LogP contribution in [-0.2, 0) is 11.2 Å². The van der Waals surface area contributed by atoms with Crippen molar-refractivity contribution in [3.8, 4) is 6.07 Å². The van der Waals surface area contributed by atoms with Crippen LogP contribution in [0.4, 0.5) is 0 Å². The number of hydrogen-bond donors (Lipinski definition) is 1. The molecular formula is C16H17N3O. The molecule has 102 valence electrons. The number of aromatic amines is 1. The number of carbonyl (C=O) groups excluding carboxylic acids is 1. The third kappa shape index (κ3) is 2.53. The summed E-state index contributed by atoms with van der Waals surface area (Å²) in [5.74, 6) is 0.132. The molecule has 0 bridgehead atoms. The van der Waals surface area contributed by atoms with E-state index >= 15 is 0 Å². The quantitative estimate of drug-likeness (QED) is 0.905. The standard InChI is InChI=1S/C16H17N3O/c17-8-3-9-19(13-6-7-13)16(20)10-12-11-18-15-5-2-1-4-14(12)15/h1-2,4-5,11,13,18H,3,6-7,9-10H2. The van der Waals surface area contributed by atoms with Gasteiger partial charge in [0.05, 0.1) is 18.9 Å². The van der Waals surface area contributed by atoms with Crippen LogP contribution in [0.2, 0.25) is 0 Å². The molecule has 0 aliphatic heterocycles. The topological polar surface area (TPSA) is 59.9 Å². The highest BCUT2D eigenvalue weighted by Gasteiger charge is 2.32. The lowest BCUT2D eigenvalue weighted by atomic mass is 10.1. The minimum atomic E-state index is 0.132. The maximum absolute atomic E-state index is 12.4. The lowest BCUT2D eigenvalue weighted by Crippen LogP contribution is -2.35. The van der Waals surface area contributed by atoms with Gasteiger partial charge in [-0.2, -0.15) is 5.26 Å². The van der Waals surface area contributed by atoms with Crippen LogP contribution in [0.3, 0.4) is 0 Å². The first kappa shape index (κ1) is 12.7. The number of nitrogens with one attached hydrogen (secondary N) is 1. The molecule has 1 amide bonds. The van der Waals surface area contributed by atoms with Crippen LogP contribution < -0.4 is 0 Å². The summed E-state index contributed by atoms with van der Waals surface area (Å²) < 4.78 is 0. The molecule has 4 nitrogen and oxygen atoms in total. The van der Waals surface area contributed by atoms with Crippen molar-refractivity contribution in [1.29, 1.82) is 5.26 Å². The van der Waals surface area contributed by atoms with E-state index in [1.807, 2.05) is 35.4 Å². The van der Waals surface area contributed by atoms with Crippen LogP contribution in [-0.4, -0.2) is 28.4 Å². The predicted octanol–water partition coefficient (Wildman–Crippen LogP) is 2.62. The van der Waals surface area contributed by atoms with Gasteiger partial charge in [0.2, 0.25) is 5.91 Å². The zero-order chi connectivity index (χ0) is 13.9. The molecule has 1 aliphatic rings. The van der Waals surface area contributed by atoms with E-state index in [4.69, 9.17) is 5.26 Å². The number of para-hydroxylation sites is 1. The van der Waals surface area contributed by atoms with Gasteiger partial charge < -0.3 is 9.88 Å². The molecule has 1 saturated carbocycles. The lowest BCUT2D eigenvalue weighted by Gasteiger charge is -2.21. The monoisotopic (exact) mass is 267 g/mol. The number of H-pyrrole nitrogens is 1. The number of benzene rings is 1. The van der Waals surface area contributed by atoms with E-state index in [2.05, 4.69) is 11.1 Å². The number of aromatic nitrogens is 1. The van der Waals surface area contributed by atoms with E-state index < -0.39 is 0 Å². The zero-order valence-corrected chi connectivity index (χ0v) is 11.3. The van der Waals surface area contributed by atoms with Crippen molar-refractivity contribution in [2.75, 3.05) is 6.54 Å². The Hall–Kier alpha value is -2.28. The second kappa shape index (κ2) is 5.38. The van der Waals surface area contributed by atoms with E-state index in [0.717, 1.165) is 29.3 Å². The molecule has 0 atom stereocenters. The van der Waals surface area contributed by atoms with Crippen molar-refractivity contribution >= 4 is 16.8 Å². The summed E-state index contributed by atoms with van der Waals surface area (Å²) in [5.41, 5.74) is 2.10. The minimum Gasteiger partial charge on any atom is -0.361 e. The third-order valence-electron chi connectivity index (χ3n) is 3.79. The van der Waals surface area contributed by atoms with E-state index in [1.165, 1.54) is 0 Å². The fourth-order valence-corrected chi connectivity index (χ4v) is 2.61. The normalized spacial score (nSPS) is 14.2. The average molecular weight is 267 g/mol. The summed E-state index contributed by atoms with van der Waals surface area (Å²) in [6.45, 7) is 0.558. The predicted molar refractivity (Wildman–Crippen MR) is 77.0 cm³/mol. The lowest BCUT2D eigenvalue weighted by molar-refractivity contribution is -0.130. The highest BCUT2D eigenvalue weighted by Crippen LogP contribution is 2.28. The van der Waals surface area contributed by atoms with Crippen LogP contribution in [0.5, 0.6) is 0 Å². The largest absolute Gasteiger partial charge is 0.361 e. The minimum absolute atomic E-state index is 0.132. The van der Waals surface area contributed by atoms with Crippen molar-refractivity contribution in [3.63, 3.8) is 0 Å². The van der Waals surface area contributed by atoms with Crippen LogP contribution in [0.25, 0.3) is 10.9 Å². The molecule has 0 saturated heterocycles. The van der Waals surface area contributed by atoms with E-state index in [1.54, 1.807) is 0 Å². The second-order valence-corrected chi connectivity index (χ2v) is 5.26. The molecule has 2 aromatic rings. The molecule has 0 spiro atoms. The Labute approximate surface area is 118 Å². The summed E-state index contributed by atoms with van der Waals surface area (Å²) in [7, 11) is 0. The maximum Gasteiger partial charge on any atom is 0.227 e. The summed E-state index contributed by atoms with van der Waals surface area (Å²) in [6.07, 6.45) is 4.89. The summed E-state index contributed by atoms with van der Waals surface area (Å²) in [4.78, 5) is 17.5. The molecule has 20 heavy (non-hydrogen) atoms. The number of carbonyl (C=O) groups is 1. The highest BCUT2D eigenvalue weighted by molar-refractivity contribution is 5.89. The van der Waals surface area contributed by atoms with Gasteiger partial charge in [-0.1, -0.05) is 18.2 Å². The van der Waals surface area contributed by atoms with Gasteiger partial charge in [0.25, 0.3) is 0 Å². The summed E-state index contributed by atoms with van der Waals surface area (Å²) in [6, 6.07) is 10.5. The number of nitriles is 1. The second-order valence-electron chi connectivity index (χ2n) is 5.26. The first-order chi connectivity index (χ1) is 9.79. The van der Waals surface area contributed by atoms with Gasteiger partial charge in [0, 0.05) is 29.7 Å². The van der Waals surface area contributed by atoms with E-state index in [9.17, 15) is 4.79 Å². The van der Waals surface area contributed by atoms with Gasteiger partial charge in [0.15, 0.2) is 0 Å². The Bertz CT molecular complexity index is 664. The Morgan fingerprint density at radius 1 is 1.40 bits per heavy atom. The van der Waals surface area contributed by atoms with Crippen LogP contribution >= 0.6 is 0 Å². The SMILES string of the molecule is N#CCCN(C(=O)Cc1c[nH]c2ccccc12)C1CC1. The number of fused-ring (bicyclic) bond motifs is 1. The third-order valence-corrected chi connectivity index (χ3v) is 3.79. The molecule has 1 aromatic carbocycles. The molecule has 0 unspecified atom stereocenters. The molecule has 4 heteroatoms. The van der Waals surface area contributed by atoms with Gasteiger partial charge in [-0.3, -0.25) is 4.79 Å². The van der Waals surface area contributed by atoms with Gasteiger partial charge in [0.1, 0.15) is 0 Å². The van der Waals surface area contributed by atoms with Gasteiger partial charge in [-0.25, -0.2) is 0 Å². The Balaban J connectivity index is 1.75. The van der Waals surface area contributed by atoms with Crippen LogP contribution in [0, 0.1) is 11.3 Å². The highest BCUT2D eigenvalue weighted by atomic mass is 16.2. The number of hydrogen-bond acceptors (Lipinski definition) is 2. The Morgan fingerprint density at radius 3 is 2.95 bits per heavy atom. The number of rotatable bonds is 5. The molecule has 1 aliphatic carbocycles. The smallest absolute Gasteiger partial charge is 0.227 e. The van der Waals surface area contributed by atoms with Crippen LogP contribution in [0.1, 0.15) is 24.8 Å². The van der Waals surface area contributed by atoms with Gasteiger partial charge in [-0.05, 0) is 24.5 Å². The van der Waals surface area contributed by atoms with Crippen molar-refractivity contribution in [3.05, 3.63) is 36.0 Å². The first-order valence-electron chi connectivity index (χ1n) is 7.01. The van der Waals surface area contributed by atoms with Gasteiger partial charge >= 0.3 is 0 Å².